The van der Waals surface area contributed by atoms with E-state index in [-0.39, 0.29) is 5.91 Å². The Morgan fingerprint density at radius 2 is 1.22 bits per heavy atom. The minimum Gasteiger partial charge on any atom is -0.453 e. The van der Waals surface area contributed by atoms with E-state index in [1.807, 2.05) is 121 Å². The number of nitrogens with one attached hydrogen (secondary N) is 4. The normalized spacial score (nSPS) is 14.4. The van der Waals surface area contributed by atoms with Gasteiger partial charge in [0.05, 0.1) is 38.0 Å². The van der Waals surface area contributed by atoms with Crippen LogP contribution in [0.4, 0.5) is 9.59 Å². The topological polar surface area (TPSA) is 157 Å². The molecule has 1 heterocycles. The Morgan fingerprint density at radius 1 is 0.685 bits per heavy atom. The van der Waals surface area contributed by atoms with Crippen molar-refractivity contribution < 1.29 is 33.4 Å². The Kier molecular flexibility index (Phi) is 16.8. The second-order valence-electron chi connectivity index (χ2n) is 15.3. The number of pyridine rings is 1. The Morgan fingerprint density at radius 3 is 1.72 bits per heavy atom. The largest absolute Gasteiger partial charge is 0.453 e. The Hall–Kier alpha value is -4.62. The SMILES string of the molecule is COC(=O)N[C@H](C(=O)N[C@@H](Cc1ccccc1)C[C@H](OCSC)[C@H](Cc1ccc(-c2ccccn2)cc1)NC(=O)[C@@H](NC(=O)OC)C(C)(C)C)C(C)(C)C. The van der Waals surface area contributed by atoms with Crippen molar-refractivity contribution >= 4 is 35.8 Å². The number of amides is 4. The third-order valence-corrected chi connectivity index (χ3v) is 9.26. The van der Waals surface area contributed by atoms with Crippen LogP contribution < -0.4 is 21.3 Å². The van der Waals surface area contributed by atoms with E-state index in [2.05, 4.69) is 26.3 Å². The molecule has 1 aromatic heterocycles. The van der Waals surface area contributed by atoms with Crippen molar-refractivity contribution in [3.8, 4) is 11.3 Å². The highest BCUT2D eigenvalue weighted by molar-refractivity contribution is 7.98. The summed E-state index contributed by atoms with van der Waals surface area (Å²) in [4.78, 5) is 57.3. The zero-order valence-electron chi connectivity index (χ0n) is 32.9. The van der Waals surface area contributed by atoms with Crippen molar-refractivity contribution in [2.45, 2.75) is 91.1 Å². The van der Waals surface area contributed by atoms with Crippen molar-refractivity contribution in [2.24, 2.45) is 10.8 Å². The highest BCUT2D eigenvalue weighted by Gasteiger charge is 2.38. The zero-order chi connectivity index (χ0) is 39.9. The molecule has 0 fully saturated rings. The van der Waals surface area contributed by atoms with Gasteiger partial charge >= 0.3 is 12.2 Å². The van der Waals surface area contributed by atoms with Crippen molar-refractivity contribution in [2.75, 3.05) is 26.4 Å². The van der Waals surface area contributed by atoms with Crippen molar-refractivity contribution in [3.63, 3.8) is 0 Å². The smallest absolute Gasteiger partial charge is 0.407 e. The minimum absolute atomic E-state index is 0.303. The number of hydrogen-bond donors (Lipinski definition) is 4. The molecule has 4 N–H and O–H groups in total. The fourth-order valence-electron chi connectivity index (χ4n) is 6.01. The Bertz CT molecular complexity index is 1630. The number of carbonyl (C=O) groups excluding carboxylic acids is 4. The van der Waals surface area contributed by atoms with Crippen LogP contribution in [0.1, 0.15) is 59.1 Å². The first kappa shape index (κ1) is 43.8. The van der Waals surface area contributed by atoms with Crippen LogP contribution >= 0.6 is 11.8 Å². The van der Waals surface area contributed by atoms with Gasteiger partial charge in [-0.15, -0.1) is 11.8 Å². The van der Waals surface area contributed by atoms with Crippen LogP contribution in [-0.4, -0.2) is 85.7 Å². The van der Waals surface area contributed by atoms with Gasteiger partial charge in [0.2, 0.25) is 11.8 Å². The van der Waals surface area contributed by atoms with E-state index >= 15 is 0 Å². The molecule has 12 nitrogen and oxygen atoms in total. The van der Waals surface area contributed by atoms with Crippen LogP contribution in [0.3, 0.4) is 0 Å². The van der Waals surface area contributed by atoms with E-state index in [1.54, 1.807) is 6.20 Å². The number of rotatable bonds is 17. The molecule has 13 heteroatoms. The van der Waals surface area contributed by atoms with Crippen molar-refractivity contribution in [1.82, 2.24) is 26.3 Å². The van der Waals surface area contributed by atoms with E-state index in [1.165, 1.54) is 26.0 Å². The summed E-state index contributed by atoms with van der Waals surface area (Å²) in [6.45, 7) is 11.2. The molecule has 5 atom stereocenters. The number of aromatic nitrogens is 1. The average molecular weight is 764 g/mol. The lowest BCUT2D eigenvalue weighted by Gasteiger charge is -2.36. The van der Waals surface area contributed by atoms with E-state index in [0.29, 0.717) is 25.2 Å². The first-order chi connectivity index (χ1) is 25.5. The van der Waals surface area contributed by atoms with Gasteiger partial charge in [0.25, 0.3) is 0 Å². The van der Waals surface area contributed by atoms with Gasteiger partial charge in [-0.3, -0.25) is 14.6 Å². The van der Waals surface area contributed by atoms with Gasteiger partial charge in [-0.2, -0.15) is 0 Å². The van der Waals surface area contributed by atoms with Crippen LogP contribution in [-0.2, 0) is 36.6 Å². The number of carbonyl (C=O) groups is 4. The molecule has 0 saturated heterocycles. The number of nitrogens with zero attached hydrogens (tertiary/aromatic N) is 1. The summed E-state index contributed by atoms with van der Waals surface area (Å²) in [6, 6.07) is 20.6. The van der Waals surface area contributed by atoms with Crippen LogP contribution in [0, 0.1) is 10.8 Å². The fraction of sp³-hybridized carbons (Fsp3) is 0.488. The molecule has 54 heavy (non-hydrogen) atoms. The summed E-state index contributed by atoms with van der Waals surface area (Å²) in [5.41, 5.74) is 2.40. The first-order valence-electron chi connectivity index (χ1n) is 18.0. The highest BCUT2D eigenvalue weighted by Crippen LogP contribution is 2.25. The molecule has 0 radical (unpaired) electrons. The number of methoxy groups -OCH3 is 2. The monoisotopic (exact) mass is 763 g/mol. The number of benzene rings is 2. The standard InChI is InChI=1S/C41H57N5O7S/c1-40(2,3)34(45-38(49)51-7)36(47)43-30(23-27-15-11-10-12-16-27)25-33(53-26-54-9)32(44-37(48)35(41(4,5)6)46-39(50)52-8)24-28-18-20-29(21-19-28)31-17-13-14-22-42-31/h10-22,30,32-35H,23-26H2,1-9H3,(H,43,47)(H,44,48)(H,45,49)(H,46,50)/t30-,32-,33-,34+,35+/m0/s1. The van der Waals surface area contributed by atoms with Gasteiger partial charge in [0, 0.05) is 17.8 Å². The molecule has 0 aliphatic heterocycles. The molecule has 0 aliphatic rings. The van der Waals surface area contributed by atoms with E-state index in [0.717, 1.165) is 22.4 Å². The summed E-state index contributed by atoms with van der Waals surface area (Å²) < 4.78 is 16.2. The maximum absolute atomic E-state index is 14.2. The molecule has 0 aliphatic carbocycles. The van der Waals surface area contributed by atoms with Gasteiger partial charge in [-0.05, 0) is 59.6 Å². The van der Waals surface area contributed by atoms with Crippen LogP contribution in [0.2, 0.25) is 0 Å². The third-order valence-electron chi connectivity index (χ3n) is 8.89. The predicted octanol–water partition coefficient (Wildman–Crippen LogP) is 6.14. The van der Waals surface area contributed by atoms with Gasteiger partial charge < -0.3 is 35.5 Å². The van der Waals surface area contributed by atoms with Crippen LogP contribution in [0.15, 0.2) is 79.0 Å². The lowest BCUT2D eigenvalue weighted by molar-refractivity contribution is -0.128. The predicted molar refractivity (Wildman–Crippen MR) is 213 cm³/mol. The quantitative estimate of drug-likeness (QED) is 0.119. The number of hydrogen-bond acceptors (Lipinski definition) is 9. The number of thioether (sulfide) groups is 1. The molecule has 0 unspecified atom stereocenters. The number of alkyl carbamates (subject to hydrolysis) is 2. The summed E-state index contributed by atoms with van der Waals surface area (Å²) in [7, 11) is 2.51. The molecule has 0 spiro atoms. The van der Waals surface area contributed by atoms with Crippen molar-refractivity contribution in [3.05, 3.63) is 90.1 Å². The minimum atomic E-state index is -0.933. The van der Waals surface area contributed by atoms with E-state index in [4.69, 9.17) is 14.2 Å². The van der Waals surface area contributed by atoms with Crippen molar-refractivity contribution in [1.29, 1.82) is 0 Å². The second-order valence-corrected chi connectivity index (χ2v) is 16.2. The summed E-state index contributed by atoms with van der Waals surface area (Å²) in [6.07, 6.45) is 2.77. The molecular weight excluding hydrogens is 707 g/mol. The molecule has 4 amide bonds. The maximum Gasteiger partial charge on any atom is 0.407 e. The summed E-state index contributed by atoms with van der Waals surface area (Å²) >= 11 is 1.49. The second kappa shape index (κ2) is 20.7. The number of ether oxygens (including phenoxy) is 3. The Balaban J connectivity index is 2.06. The lowest BCUT2D eigenvalue weighted by atomic mass is 9.85. The van der Waals surface area contributed by atoms with Gasteiger partial charge in [-0.1, -0.05) is 102 Å². The lowest BCUT2D eigenvalue weighted by Crippen LogP contribution is -2.59. The summed E-state index contributed by atoms with van der Waals surface area (Å²) in [5.74, 6) is -0.461. The molecular formula is C41H57N5O7S. The molecule has 294 valence electrons. The van der Waals surface area contributed by atoms with Crippen LogP contribution in [0.25, 0.3) is 11.3 Å². The Labute approximate surface area is 324 Å². The third kappa shape index (κ3) is 14.0. The van der Waals surface area contributed by atoms with Gasteiger partial charge in [0.15, 0.2) is 0 Å². The van der Waals surface area contributed by atoms with Gasteiger partial charge in [-0.25, -0.2) is 9.59 Å². The summed E-state index contributed by atoms with van der Waals surface area (Å²) in [5, 5.41) is 11.8. The molecule has 3 aromatic rings. The van der Waals surface area contributed by atoms with Gasteiger partial charge in [0.1, 0.15) is 12.1 Å². The zero-order valence-corrected chi connectivity index (χ0v) is 33.8. The van der Waals surface area contributed by atoms with Crippen LogP contribution in [0.5, 0.6) is 0 Å². The van der Waals surface area contributed by atoms with E-state index in [9.17, 15) is 19.2 Å². The molecule has 0 saturated carbocycles. The fourth-order valence-corrected chi connectivity index (χ4v) is 6.32. The highest BCUT2D eigenvalue weighted by atomic mass is 32.2. The maximum atomic E-state index is 14.2. The van der Waals surface area contributed by atoms with E-state index < -0.39 is 59.2 Å². The first-order valence-corrected chi connectivity index (χ1v) is 19.4. The molecule has 0 bridgehead atoms. The molecule has 3 rings (SSSR count). The average Bonchev–Trinajstić information content (AvgIpc) is 3.13. The molecule has 2 aromatic carbocycles.